The smallest absolute Gasteiger partial charge is 0.0769 e. The first-order valence-electron chi connectivity index (χ1n) is 6.36. The quantitative estimate of drug-likeness (QED) is 0.886. The van der Waals surface area contributed by atoms with Crippen molar-refractivity contribution in [3.63, 3.8) is 0 Å². The second-order valence-electron chi connectivity index (χ2n) is 5.10. The number of fused-ring (bicyclic) bond motifs is 1. The van der Waals surface area contributed by atoms with E-state index in [-0.39, 0.29) is 11.5 Å². The van der Waals surface area contributed by atoms with Gasteiger partial charge in [-0.25, -0.2) is 0 Å². The summed E-state index contributed by atoms with van der Waals surface area (Å²) in [5.74, 6) is 0. The molecule has 1 aliphatic rings. The lowest BCUT2D eigenvalue weighted by Gasteiger charge is -2.21. The van der Waals surface area contributed by atoms with Gasteiger partial charge in [-0.3, -0.25) is 0 Å². The summed E-state index contributed by atoms with van der Waals surface area (Å²) < 4.78 is 0. The fourth-order valence-corrected chi connectivity index (χ4v) is 2.75. The summed E-state index contributed by atoms with van der Waals surface area (Å²) in [6.45, 7) is 0. The fourth-order valence-electron chi connectivity index (χ4n) is 2.75. The number of hydrogen-bond donors (Lipinski definition) is 1. The van der Waals surface area contributed by atoms with Crippen molar-refractivity contribution in [1.82, 2.24) is 5.32 Å². The summed E-state index contributed by atoms with van der Waals surface area (Å²) in [7, 11) is 1.94. The van der Waals surface area contributed by atoms with E-state index in [2.05, 4.69) is 53.9 Å². The van der Waals surface area contributed by atoms with Gasteiger partial charge < -0.3 is 5.32 Å². The Balaban J connectivity index is 2.06. The highest BCUT2D eigenvalue weighted by atomic mass is 14.9. The van der Waals surface area contributed by atoms with Crippen LogP contribution in [0.25, 0.3) is 10.8 Å². The van der Waals surface area contributed by atoms with Crippen molar-refractivity contribution < 1.29 is 0 Å². The Hall–Kier alpha value is -1.85. The summed E-state index contributed by atoms with van der Waals surface area (Å²) in [6.07, 6.45) is 2.00. The minimum absolute atomic E-state index is 0.145. The minimum Gasteiger partial charge on any atom is -0.312 e. The second-order valence-corrected chi connectivity index (χ2v) is 5.10. The molecule has 0 bridgehead atoms. The maximum atomic E-state index is 9.34. The highest BCUT2D eigenvalue weighted by Crippen LogP contribution is 2.54. The zero-order valence-corrected chi connectivity index (χ0v) is 10.5. The van der Waals surface area contributed by atoms with Crippen LogP contribution in [0.15, 0.2) is 42.5 Å². The predicted molar refractivity (Wildman–Crippen MR) is 73.0 cm³/mol. The van der Waals surface area contributed by atoms with Crippen molar-refractivity contribution in [3.8, 4) is 6.07 Å². The van der Waals surface area contributed by atoms with Crippen molar-refractivity contribution in [3.05, 3.63) is 48.0 Å². The van der Waals surface area contributed by atoms with Crippen LogP contribution in [0.4, 0.5) is 0 Å². The van der Waals surface area contributed by atoms with E-state index < -0.39 is 0 Å². The molecule has 2 heteroatoms. The topological polar surface area (TPSA) is 35.8 Å². The van der Waals surface area contributed by atoms with Crippen molar-refractivity contribution in [2.75, 3.05) is 7.05 Å². The first-order chi connectivity index (χ1) is 8.79. The molecule has 1 aliphatic carbocycles. The van der Waals surface area contributed by atoms with Gasteiger partial charge >= 0.3 is 0 Å². The van der Waals surface area contributed by atoms with E-state index in [1.165, 1.54) is 16.3 Å². The highest BCUT2D eigenvalue weighted by Gasteiger charge is 2.50. The van der Waals surface area contributed by atoms with Gasteiger partial charge in [0.1, 0.15) is 0 Å². The first-order valence-corrected chi connectivity index (χ1v) is 6.36. The van der Waals surface area contributed by atoms with Gasteiger partial charge in [0.25, 0.3) is 0 Å². The molecule has 0 radical (unpaired) electrons. The van der Waals surface area contributed by atoms with Crippen LogP contribution in [0.2, 0.25) is 0 Å². The molecule has 2 nitrogen and oxygen atoms in total. The van der Waals surface area contributed by atoms with Crippen molar-refractivity contribution >= 4 is 10.8 Å². The number of hydrogen-bond acceptors (Lipinski definition) is 2. The van der Waals surface area contributed by atoms with E-state index in [0.29, 0.717) is 0 Å². The summed E-state index contributed by atoms with van der Waals surface area (Å²) in [5, 5.41) is 15.1. The maximum absolute atomic E-state index is 9.34. The Morgan fingerprint density at radius 2 is 1.89 bits per heavy atom. The standard InChI is InChI=1S/C16H16N2/c1-18-15(16(11-17)8-9-16)14-7-6-12-4-2-3-5-13(12)10-14/h2-7,10,15,18H,8-9H2,1H3. The molecular formula is C16H16N2. The molecule has 1 unspecified atom stereocenters. The molecule has 2 aromatic rings. The largest absolute Gasteiger partial charge is 0.312 e. The third-order valence-corrected chi connectivity index (χ3v) is 3.96. The monoisotopic (exact) mass is 236 g/mol. The zero-order valence-electron chi connectivity index (χ0n) is 10.5. The number of nitrogens with one attached hydrogen (secondary N) is 1. The number of rotatable bonds is 3. The summed E-state index contributed by atoms with van der Waals surface area (Å²) in [4.78, 5) is 0. The normalized spacial score (nSPS) is 18.2. The van der Waals surface area contributed by atoms with Crippen LogP contribution in [-0.4, -0.2) is 7.05 Å². The third-order valence-electron chi connectivity index (χ3n) is 3.96. The molecule has 0 aliphatic heterocycles. The molecule has 1 fully saturated rings. The predicted octanol–water partition coefficient (Wildman–Crippen LogP) is 3.40. The van der Waals surface area contributed by atoms with Gasteiger partial charge in [0.2, 0.25) is 0 Å². The average molecular weight is 236 g/mol. The summed E-state index contributed by atoms with van der Waals surface area (Å²) in [6, 6.07) is 17.5. The Morgan fingerprint density at radius 3 is 2.50 bits per heavy atom. The fraction of sp³-hybridized carbons (Fsp3) is 0.312. The van der Waals surface area contributed by atoms with E-state index in [4.69, 9.17) is 0 Å². The van der Waals surface area contributed by atoms with Crippen molar-refractivity contribution in [1.29, 1.82) is 5.26 Å². The number of benzene rings is 2. The van der Waals surface area contributed by atoms with Crippen LogP contribution in [0.3, 0.4) is 0 Å². The molecule has 0 aromatic heterocycles. The molecule has 1 atom stereocenters. The summed E-state index contributed by atoms with van der Waals surface area (Å²) in [5.41, 5.74) is 1.03. The molecule has 0 heterocycles. The van der Waals surface area contributed by atoms with E-state index in [0.717, 1.165) is 12.8 Å². The Morgan fingerprint density at radius 1 is 1.17 bits per heavy atom. The van der Waals surface area contributed by atoms with E-state index >= 15 is 0 Å². The van der Waals surface area contributed by atoms with E-state index in [9.17, 15) is 5.26 Å². The third kappa shape index (κ3) is 1.68. The summed E-state index contributed by atoms with van der Waals surface area (Å²) >= 11 is 0. The van der Waals surface area contributed by atoms with Crippen LogP contribution < -0.4 is 5.32 Å². The number of nitrogens with zero attached hydrogens (tertiary/aromatic N) is 1. The van der Waals surface area contributed by atoms with Crippen LogP contribution in [0.5, 0.6) is 0 Å². The van der Waals surface area contributed by atoms with Crippen molar-refractivity contribution in [2.45, 2.75) is 18.9 Å². The van der Waals surface area contributed by atoms with Crippen molar-refractivity contribution in [2.24, 2.45) is 5.41 Å². The lowest BCUT2D eigenvalue weighted by atomic mass is 9.90. The number of nitriles is 1. The first kappa shape index (κ1) is 11.3. The lowest BCUT2D eigenvalue weighted by molar-refractivity contribution is 0.444. The average Bonchev–Trinajstić information content (AvgIpc) is 3.20. The highest BCUT2D eigenvalue weighted by molar-refractivity contribution is 5.83. The molecule has 90 valence electrons. The molecule has 3 rings (SSSR count). The van der Waals surface area contributed by atoms with Gasteiger partial charge in [-0.15, -0.1) is 0 Å². The molecule has 18 heavy (non-hydrogen) atoms. The minimum atomic E-state index is -0.183. The van der Waals surface area contributed by atoms with Gasteiger partial charge in [0, 0.05) is 0 Å². The van der Waals surface area contributed by atoms with Gasteiger partial charge in [-0.2, -0.15) is 5.26 Å². The Bertz CT molecular complexity index is 620. The molecule has 2 aromatic carbocycles. The zero-order chi connectivity index (χ0) is 12.6. The van der Waals surface area contributed by atoms with E-state index in [1.54, 1.807) is 0 Å². The molecule has 0 spiro atoms. The van der Waals surface area contributed by atoms with E-state index in [1.807, 2.05) is 7.05 Å². The molecular weight excluding hydrogens is 220 g/mol. The van der Waals surface area contributed by atoms with Crippen LogP contribution in [0, 0.1) is 16.7 Å². The Labute approximate surface area is 107 Å². The SMILES string of the molecule is CNC(c1ccc2ccccc2c1)C1(C#N)CC1. The molecule has 1 saturated carbocycles. The second kappa shape index (κ2) is 4.12. The Kier molecular flexibility index (Phi) is 2.57. The van der Waals surface area contributed by atoms with Crippen LogP contribution in [-0.2, 0) is 0 Å². The van der Waals surface area contributed by atoms with Gasteiger partial charge in [-0.05, 0) is 42.3 Å². The molecule has 0 saturated heterocycles. The lowest BCUT2D eigenvalue weighted by Crippen LogP contribution is -2.25. The van der Waals surface area contributed by atoms with Gasteiger partial charge in [0.05, 0.1) is 17.5 Å². The van der Waals surface area contributed by atoms with Crippen LogP contribution >= 0.6 is 0 Å². The van der Waals surface area contributed by atoms with Gasteiger partial charge in [0.15, 0.2) is 0 Å². The van der Waals surface area contributed by atoms with Gasteiger partial charge in [-0.1, -0.05) is 36.4 Å². The molecule has 0 amide bonds. The van der Waals surface area contributed by atoms with Crippen LogP contribution in [0.1, 0.15) is 24.4 Å². The molecule has 1 N–H and O–H groups in total. The maximum Gasteiger partial charge on any atom is 0.0769 e.